The lowest BCUT2D eigenvalue weighted by Crippen LogP contribution is -2.16. The first-order valence-electron chi connectivity index (χ1n) is 6.40. The molecule has 0 fully saturated rings. The normalized spacial score (nSPS) is 17.6. The molecule has 0 aromatic heterocycles. The zero-order valence-corrected chi connectivity index (χ0v) is 11.6. The van der Waals surface area contributed by atoms with E-state index in [0.717, 1.165) is 12.0 Å². The van der Waals surface area contributed by atoms with Gasteiger partial charge in [-0.05, 0) is 46.4 Å². The molecule has 90 valence electrons. The van der Waals surface area contributed by atoms with Crippen molar-refractivity contribution >= 4 is 0 Å². The number of hydrogen-bond donors (Lipinski definition) is 0. The maximum atomic E-state index is 5.67. The van der Waals surface area contributed by atoms with Gasteiger partial charge in [0, 0.05) is 5.56 Å². The van der Waals surface area contributed by atoms with Gasteiger partial charge in [0.05, 0.1) is 0 Å². The van der Waals surface area contributed by atoms with E-state index in [9.17, 15) is 0 Å². The quantitative estimate of drug-likeness (QED) is 0.582. The van der Waals surface area contributed by atoms with E-state index >= 15 is 0 Å². The maximum absolute atomic E-state index is 5.67. The summed E-state index contributed by atoms with van der Waals surface area (Å²) in [6.45, 7) is 11.4. The fourth-order valence-electron chi connectivity index (χ4n) is 2.68. The van der Waals surface area contributed by atoms with E-state index in [0.29, 0.717) is 0 Å². The van der Waals surface area contributed by atoms with Crippen molar-refractivity contribution in [3.05, 3.63) is 34.4 Å². The van der Waals surface area contributed by atoms with Crippen molar-refractivity contribution in [2.75, 3.05) is 0 Å². The third kappa shape index (κ3) is 2.00. The van der Waals surface area contributed by atoms with Gasteiger partial charge in [0.25, 0.3) is 0 Å². The molecule has 0 saturated carbocycles. The lowest BCUT2D eigenvalue weighted by Gasteiger charge is -2.25. The fraction of sp³-hybridized carbons (Fsp3) is 0.529. The lowest BCUT2D eigenvalue weighted by molar-refractivity contribution is 0.519. The van der Waals surface area contributed by atoms with Crippen LogP contribution in [0.4, 0.5) is 0 Å². The van der Waals surface area contributed by atoms with E-state index in [1.54, 1.807) is 0 Å². The standard InChI is InChI=1S/C17H22/c1-7-12-10-13(16(2,3)4)11-15-14(12)8-9-17(15,5)6/h1,10-11H,8-9H2,2-6H3. The zero-order valence-electron chi connectivity index (χ0n) is 11.6. The van der Waals surface area contributed by atoms with E-state index in [4.69, 9.17) is 6.42 Å². The highest BCUT2D eigenvalue weighted by atomic mass is 14.4. The van der Waals surface area contributed by atoms with E-state index in [-0.39, 0.29) is 10.8 Å². The molecule has 17 heavy (non-hydrogen) atoms. The minimum Gasteiger partial charge on any atom is -0.115 e. The first-order valence-corrected chi connectivity index (χ1v) is 6.40. The van der Waals surface area contributed by atoms with Gasteiger partial charge < -0.3 is 0 Å². The number of rotatable bonds is 0. The topological polar surface area (TPSA) is 0 Å². The van der Waals surface area contributed by atoms with Gasteiger partial charge >= 0.3 is 0 Å². The highest BCUT2D eigenvalue weighted by Gasteiger charge is 2.32. The molecule has 1 aromatic rings. The average molecular weight is 226 g/mol. The van der Waals surface area contributed by atoms with Crippen LogP contribution in [0.3, 0.4) is 0 Å². The van der Waals surface area contributed by atoms with Crippen molar-refractivity contribution in [3.63, 3.8) is 0 Å². The molecule has 0 aliphatic heterocycles. The molecule has 0 amide bonds. The summed E-state index contributed by atoms with van der Waals surface area (Å²) in [5.74, 6) is 2.88. The Balaban J connectivity index is 2.69. The van der Waals surface area contributed by atoms with Crippen molar-refractivity contribution in [2.24, 2.45) is 0 Å². The van der Waals surface area contributed by atoms with Crippen molar-refractivity contribution < 1.29 is 0 Å². The zero-order chi connectivity index (χ0) is 12.8. The Hall–Kier alpha value is -1.22. The molecule has 0 atom stereocenters. The molecule has 1 aliphatic carbocycles. The summed E-state index contributed by atoms with van der Waals surface area (Å²) in [6.07, 6.45) is 8.02. The van der Waals surface area contributed by atoms with Gasteiger partial charge in [-0.3, -0.25) is 0 Å². The van der Waals surface area contributed by atoms with Crippen LogP contribution in [0.15, 0.2) is 12.1 Å². The largest absolute Gasteiger partial charge is 0.115 e. The lowest BCUT2D eigenvalue weighted by atomic mass is 9.79. The van der Waals surface area contributed by atoms with Crippen LogP contribution in [0.25, 0.3) is 0 Å². The Morgan fingerprint density at radius 2 is 1.88 bits per heavy atom. The summed E-state index contributed by atoms with van der Waals surface area (Å²) < 4.78 is 0. The predicted molar refractivity (Wildman–Crippen MR) is 74.4 cm³/mol. The molecule has 0 radical (unpaired) electrons. The van der Waals surface area contributed by atoms with E-state index in [1.165, 1.54) is 23.1 Å². The van der Waals surface area contributed by atoms with Gasteiger partial charge in [0.2, 0.25) is 0 Å². The second kappa shape index (κ2) is 3.64. The summed E-state index contributed by atoms with van der Waals surface area (Å²) in [5.41, 5.74) is 5.79. The third-order valence-corrected chi connectivity index (χ3v) is 4.00. The van der Waals surface area contributed by atoms with Gasteiger partial charge in [-0.15, -0.1) is 6.42 Å². The summed E-state index contributed by atoms with van der Waals surface area (Å²) in [4.78, 5) is 0. The number of fused-ring (bicyclic) bond motifs is 1. The average Bonchev–Trinajstić information content (AvgIpc) is 2.53. The molecule has 0 bridgehead atoms. The van der Waals surface area contributed by atoms with Crippen LogP contribution in [-0.4, -0.2) is 0 Å². The summed E-state index contributed by atoms with van der Waals surface area (Å²) in [5, 5.41) is 0. The molecule has 2 rings (SSSR count). The second-order valence-corrected chi connectivity index (χ2v) is 6.83. The second-order valence-electron chi connectivity index (χ2n) is 6.83. The molecule has 0 unspecified atom stereocenters. The molecule has 0 spiro atoms. The minimum absolute atomic E-state index is 0.166. The van der Waals surface area contributed by atoms with Crippen LogP contribution in [-0.2, 0) is 17.3 Å². The van der Waals surface area contributed by atoms with Crippen LogP contribution in [0.1, 0.15) is 63.3 Å². The summed E-state index contributed by atoms with van der Waals surface area (Å²) in [6, 6.07) is 4.59. The highest BCUT2D eigenvalue weighted by molar-refractivity contribution is 5.53. The SMILES string of the molecule is C#Cc1cc(C(C)(C)C)cc2c1CCC2(C)C. The molecule has 1 aromatic carbocycles. The Morgan fingerprint density at radius 3 is 2.41 bits per heavy atom. The van der Waals surface area contributed by atoms with Crippen LogP contribution in [0, 0.1) is 12.3 Å². The molecular weight excluding hydrogens is 204 g/mol. The van der Waals surface area contributed by atoms with Crippen LogP contribution < -0.4 is 0 Å². The Kier molecular flexibility index (Phi) is 2.62. The number of hydrogen-bond acceptors (Lipinski definition) is 0. The molecule has 0 heteroatoms. The van der Waals surface area contributed by atoms with Crippen LogP contribution >= 0.6 is 0 Å². The minimum atomic E-state index is 0.166. The Labute approximate surface area is 105 Å². The van der Waals surface area contributed by atoms with Crippen molar-refractivity contribution in [1.29, 1.82) is 0 Å². The van der Waals surface area contributed by atoms with Gasteiger partial charge in [0.1, 0.15) is 0 Å². The van der Waals surface area contributed by atoms with E-state index in [2.05, 4.69) is 52.7 Å². The highest BCUT2D eigenvalue weighted by Crippen LogP contribution is 2.41. The third-order valence-electron chi connectivity index (χ3n) is 4.00. The molecular formula is C17H22. The summed E-state index contributed by atoms with van der Waals surface area (Å²) in [7, 11) is 0. The molecule has 0 N–H and O–H groups in total. The molecule has 0 saturated heterocycles. The predicted octanol–water partition coefficient (Wildman–Crippen LogP) is 4.19. The van der Waals surface area contributed by atoms with Crippen molar-refractivity contribution in [1.82, 2.24) is 0 Å². The van der Waals surface area contributed by atoms with Gasteiger partial charge in [-0.2, -0.15) is 0 Å². The Morgan fingerprint density at radius 1 is 1.24 bits per heavy atom. The Bertz CT molecular complexity index is 490. The van der Waals surface area contributed by atoms with Crippen molar-refractivity contribution in [3.8, 4) is 12.3 Å². The van der Waals surface area contributed by atoms with Crippen LogP contribution in [0.5, 0.6) is 0 Å². The first kappa shape index (κ1) is 12.2. The molecule has 0 nitrogen and oxygen atoms in total. The van der Waals surface area contributed by atoms with Crippen LogP contribution in [0.2, 0.25) is 0 Å². The van der Waals surface area contributed by atoms with Crippen molar-refractivity contribution in [2.45, 2.75) is 58.3 Å². The van der Waals surface area contributed by atoms with Gasteiger partial charge in [-0.25, -0.2) is 0 Å². The molecule has 0 heterocycles. The van der Waals surface area contributed by atoms with Gasteiger partial charge in [0.15, 0.2) is 0 Å². The number of benzene rings is 1. The van der Waals surface area contributed by atoms with E-state index < -0.39 is 0 Å². The first-order chi connectivity index (χ1) is 7.75. The van der Waals surface area contributed by atoms with E-state index in [1.807, 2.05) is 0 Å². The monoisotopic (exact) mass is 226 g/mol. The fourth-order valence-corrected chi connectivity index (χ4v) is 2.68. The van der Waals surface area contributed by atoms with Gasteiger partial charge in [-0.1, -0.05) is 46.6 Å². The smallest absolute Gasteiger partial charge is 0.0280 e. The number of terminal acetylenes is 1. The summed E-state index contributed by atoms with van der Waals surface area (Å²) >= 11 is 0. The molecule has 1 aliphatic rings. The maximum Gasteiger partial charge on any atom is 0.0280 e.